The van der Waals surface area contributed by atoms with Crippen molar-refractivity contribution in [2.75, 3.05) is 29.9 Å². The summed E-state index contributed by atoms with van der Waals surface area (Å²) in [5.41, 5.74) is 6.38. The molecule has 11 heteroatoms. The maximum absolute atomic E-state index is 14.0. The second kappa shape index (κ2) is 8.91. The summed E-state index contributed by atoms with van der Waals surface area (Å²) in [6.07, 6.45) is 4.43. The van der Waals surface area contributed by atoms with Gasteiger partial charge in [-0.2, -0.15) is 10.1 Å². The number of anilines is 3. The van der Waals surface area contributed by atoms with E-state index in [-0.39, 0.29) is 19.0 Å². The lowest BCUT2D eigenvalue weighted by Gasteiger charge is -2.42. The van der Waals surface area contributed by atoms with Crippen molar-refractivity contribution in [2.24, 2.45) is 7.05 Å². The Morgan fingerprint density at radius 2 is 1.97 bits per heavy atom. The van der Waals surface area contributed by atoms with Crippen molar-refractivity contribution in [1.82, 2.24) is 29.6 Å². The molecular weight excluding hydrogens is 499 g/mol. The first-order chi connectivity index (χ1) is 18.8. The van der Waals surface area contributed by atoms with E-state index in [1.165, 1.54) is 6.92 Å². The fourth-order valence-electron chi connectivity index (χ4n) is 5.65. The smallest absolute Gasteiger partial charge is 0.270 e. The molecule has 7 rings (SSSR count). The molecule has 0 aliphatic carbocycles. The maximum atomic E-state index is 14.0. The highest BCUT2D eigenvalue weighted by Gasteiger charge is 2.42. The zero-order chi connectivity index (χ0) is 26.7. The Hall–Kier alpha value is -4.25. The number of likely N-dealkylation sites (tertiary alicyclic amines) is 1. The van der Waals surface area contributed by atoms with E-state index in [1.54, 1.807) is 11.1 Å². The maximum Gasteiger partial charge on any atom is 0.270 e. The first-order valence-corrected chi connectivity index (χ1v) is 13.1. The molecule has 1 aromatic carbocycles. The molecule has 3 aromatic heterocycles. The Kier molecular flexibility index (Phi) is 5.44. The van der Waals surface area contributed by atoms with Crippen LogP contribution in [0.5, 0.6) is 0 Å². The van der Waals surface area contributed by atoms with Gasteiger partial charge in [0.2, 0.25) is 5.95 Å². The number of amides is 1. The lowest BCUT2D eigenvalue weighted by atomic mass is 9.98. The number of nitrogens with zero attached hydrogens (tertiary/aromatic N) is 6. The molecule has 0 bridgehead atoms. The summed E-state index contributed by atoms with van der Waals surface area (Å²) < 4.78 is 21.7. The third-order valence-electron chi connectivity index (χ3n) is 7.82. The van der Waals surface area contributed by atoms with Crippen LogP contribution in [0.3, 0.4) is 0 Å². The number of H-pyrrole nitrogens is 1. The molecule has 2 N–H and O–H groups in total. The van der Waals surface area contributed by atoms with Crippen molar-refractivity contribution in [3.8, 4) is 11.1 Å². The van der Waals surface area contributed by atoms with Crippen LogP contribution < -0.4 is 10.2 Å². The summed E-state index contributed by atoms with van der Waals surface area (Å²) in [6, 6.07) is 10.1. The van der Waals surface area contributed by atoms with Gasteiger partial charge in [-0.3, -0.25) is 9.89 Å². The summed E-state index contributed by atoms with van der Waals surface area (Å²) in [5, 5.41) is 10.3. The number of carbonyl (C=O) groups excluding carboxylic acids is 1. The SMILES string of the molecule is Cn1c(C(=O)N2CC(C)(F)C2)cc2c1CN(c1nc3c(c(Nc4ccc(-c5cn[nH]c5)cc4)n1)COC3)CC2. The predicted molar refractivity (Wildman–Crippen MR) is 143 cm³/mol. The van der Waals surface area contributed by atoms with Gasteiger partial charge in [-0.1, -0.05) is 12.1 Å². The van der Waals surface area contributed by atoms with E-state index >= 15 is 0 Å². The quantitative estimate of drug-likeness (QED) is 0.407. The fourth-order valence-corrected chi connectivity index (χ4v) is 5.65. The van der Waals surface area contributed by atoms with Gasteiger partial charge < -0.3 is 24.4 Å². The minimum absolute atomic E-state index is 0.121. The Bertz CT molecular complexity index is 1550. The second-order valence-electron chi connectivity index (χ2n) is 10.8. The molecule has 10 nitrogen and oxygen atoms in total. The second-order valence-corrected chi connectivity index (χ2v) is 10.8. The van der Waals surface area contributed by atoms with Crippen molar-refractivity contribution in [1.29, 1.82) is 0 Å². The van der Waals surface area contributed by atoms with E-state index in [9.17, 15) is 9.18 Å². The molecule has 0 saturated carbocycles. The minimum atomic E-state index is -1.29. The van der Waals surface area contributed by atoms with Gasteiger partial charge in [-0.15, -0.1) is 0 Å². The van der Waals surface area contributed by atoms with Crippen LogP contribution in [0.1, 0.15) is 39.9 Å². The van der Waals surface area contributed by atoms with Crippen molar-refractivity contribution < 1.29 is 13.9 Å². The van der Waals surface area contributed by atoms with Gasteiger partial charge in [-0.25, -0.2) is 9.37 Å². The Labute approximate surface area is 224 Å². The molecule has 3 aliphatic rings. The Balaban J connectivity index is 1.13. The highest BCUT2D eigenvalue weighted by atomic mass is 19.1. The average molecular weight is 529 g/mol. The Morgan fingerprint density at radius 3 is 2.72 bits per heavy atom. The van der Waals surface area contributed by atoms with Gasteiger partial charge in [0, 0.05) is 42.3 Å². The summed E-state index contributed by atoms with van der Waals surface area (Å²) in [5.74, 6) is 1.25. The van der Waals surface area contributed by atoms with Crippen LogP contribution in [0.25, 0.3) is 11.1 Å². The molecule has 1 saturated heterocycles. The largest absolute Gasteiger partial charge is 0.370 e. The molecule has 0 radical (unpaired) electrons. The van der Waals surface area contributed by atoms with E-state index in [1.807, 2.05) is 48.1 Å². The zero-order valence-corrected chi connectivity index (χ0v) is 21.9. The number of alkyl halides is 1. The summed E-state index contributed by atoms with van der Waals surface area (Å²) in [6.45, 7) is 4.04. The van der Waals surface area contributed by atoms with Crippen LogP contribution >= 0.6 is 0 Å². The molecular formula is C28H29FN8O2. The third-order valence-corrected chi connectivity index (χ3v) is 7.82. The van der Waals surface area contributed by atoms with E-state index < -0.39 is 5.67 Å². The third kappa shape index (κ3) is 4.22. The van der Waals surface area contributed by atoms with E-state index in [2.05, 4.69) is 20.4 Å². The predicted octanol–water partition coefficient (Wildman–Crippen LogP) is 3.73. The number of aromatic amines is 1. The molecule has 0 unspecified atom stereocenters. The lowest BCUT2D eigenvalue weighted by Crippen LogP contribution is -2.59. The van der Waals surface area contributed by atoms with Gasteiger partial charge >= 0.3 is 0 Å². The first kappa shape index (κ1) is 23.8. The van der Waals surface area contributed by atoms with Crippen LogP contribution in [-0.2, 0) is 38.0 Å². The number of hydrogen-bond acceptors (Lipinski definition) is 7. The van der Waals surface area contributed by atoms with Gasteiger partial charge in [-0.05, 0) is 42.7 Å². The highest BCUT2D eigenvalue weighted by Crippen LogP contribution is 2.33. The molecule has 4 aromatic rings. The number of rotatable bonds is 5. The number of ether oxygens (including phenoxy) is 1. The van der Waals surface area contributed by atoms with E-state index in [4.69, 9.17) is 14.7 Å². The van der Waals surface area contributed by atoms with Crippen molar-refractivity contribution >= 4 is 23.4 Å². The van der Waals surface area contributed by atoms with E-state index in [0.717, 1.165) is 58.1 Å². The summed E-state index contributed by atoms with van der Waals surface area (Å²) in [7, 11) is 1.90. The number of nitrogens with one attached hydrogen (secondary N) is 2. The number of benzene rings is 1. The van der Waals surface area contributed by atoms with E-state index in [0.29, 0.717) is 31.4 Å². The Morgan fingerprint density at radius 1 is 1.15 bits per heavy atom. The summed E-state index contributed by atoms with van der Waals surface area (Å²) in [4.78, 5) is 26.5. The average Bonchev–Trinajstić information content (AvgIpc) is 3.68. The highest BCUT2D eigenvalue weighted by molar-refractivity contribution is 5.94. The standard InChI is InChI=1S/C28H29FN8O2/c1-28(29)15-37(16-28)26(38)23-9-18-7-8-36(12-24(18)35(23)2)27-33-22-14-39-13-21(22)25(34-27)32-20-5-3-17(4-6-20)19-10-30-31-11-19/h3-6,9-11H,7-8,12-16H2,1-2H3,(H,30,31)(H,32,33,34). The number of hydrogen-bond donors (Lipinski definition) is 2. The number of carbonyl (C=O) groups is 1. The molecule has 200 valence electrons. The zero-order valence-electron chi connectivity index (χ0n) is 21.9. The molecule has 6 heterocycles. The molecule has 3 aliphatic heterocycles. The topological polar surface area (TPSA) is 104 Å². The van der Waals surface area contributed by atoms with Gasteiger partial charge in [0.25, 0.3) is 5.91 Å². The summed E-state index contributed by atoms with van der Waals surface area (Å²) >= 11 is 0. The number of aromatic nitrogens is 5. The molecule has 1 amide bonds. The monoisotopic (exact) mass is 528 g/mol. The fraction of sp³-hybridized carbons (Fsp3) is 0.357. The first-order valence-electron chi connectivity index (χ1n) is 13.1. The minimum Gasteiger partial charge on any atom is -0.370 e. The molecule has 1 fully saturated rings. The van der Waals surface area contributed by atoms with Crippen LogP contribution in [0, 0.1) is 0 Å². The van der Waals surface area contributed by atoms with Gasteiger partial charge in [0.1, 0.15) is 17.2 Å². The van der Waals surface area contributed by atoms with Crippen LogP contribution in [0.15, 0.2) is 42.7 Å². The van der Waals surface area contributed by atoms with Crippen molar-refractivity contribution in [2.45, 2.75) is 38.8 Å². The van der Waals surface area contributed by atoms with Crippen LogP contribution in [0.2, 0.25) is 0 Å². The van der Waals surface area contributed by atoms with Crippen molar-refractivity contribution in [3.63, 3.8) is 0 Å². The molecule has 0 spiro atoms. The van der Waals surface area contributed by atoms with Crippen LogP contribution in [-0.4, -0.2) is 60.8 Å². The van der Waals surface area contributed by atoms with Gasteiger partial charge in [0.05, 0.1) is 44.7 Å². The molecule has 39 heavy (non-hydrogen) atoms. The molecule has 0 atom stereocenters. The lowest BCUT2D eigenvalue weighted by molar-refractivity contribution is -0.00847. The van der Waals surface area contributed by atoms with Crippen molar-refractivity contribution in [3.05, 3.63) is 70.9 Å². The van der Waals surface area contributed by atoms with Crippen LogP contribution in [0.4, 0.5) is 21.8 Å². The normalized spacial score (nSPS) is 17.5. The number of fused-ring (bicyclic) bond motifs is 2. The van der Waals surface area contributed by atoms with Gasteiger partial charge in [0.15, 0.2) is 0 Å². The number of halogens is 1.